The first kappa shape index (κ1) is 26.6. The molecule has 1 atom stereocenters. The van der Waals surface area contributed by atoms with Crippen molar-refractivity contribution in [1.29, 1.82) is 0 Å². The molecule has 3 aromatic rings. The van der Waals surface area contributed by atoms with Gasteiger partial charge >= 0.3 is 5.97 Å². The Morgan fingerprint density at radius 2 is 2.00 bits per heavy atom. The van der Waals surface area contributed by atoms with Crippen molar-refractivity contribution in [3.63, 3.8) is 0 Å². The highest BCUT2D eigenvalue weighted by Gasteiger charge is 2.25. The molecule has 0 bridgehead atoms. The van der Waals surface area contributed by atoms with Crippen molar-refractivity contribution in [2.75, 3.05) is 13.2 Å². The van der Waals surface area contributed by atoms with Gasteiger partial charge in [0.15, 0.2) is 0 Å². The number of carbonyl (C=O) groups excluding carboxylic acids is 1. The maximum Gasteiger partial charge on any atom is 0.323 e. The average molecular weight is 521 g/mol. The number of ether oxygens (including phenoxy) is 2. The molecule has 2 N–H and O–H groups in total. The zero-order valence-corrected chi connectivity index (χ0v) is 22.6. The minimum absolute atomic E-state index is 0.0784. The molecule has 8 nitrogen and oxygen atoms in total. The number of carbonyl (C=O) groups is 1. The Morgan fingerprint density at radius 3 is 2.74 bits per heavy atom. The van der Waals surface area contributed by atoms with Crippen LogP contribution in [0.15, 0.2) is 35.3 Å². The van der Waals surface area contributed by atoms with Crippen LogP contribution in [0.1, 0.15) is 69.4 Å². The number of esters is 1. The van der Waals surface area contributed by atoms with E-state index in [1.165, 1.54) is 0 Å². The van der Waals surface area contributed by atoms with Gasteiger partial charge < -0.3 is 24.3 Å². The van der Waals surface area contributed by atoms with Crippen LogP contribution in [0.4, 0.5) is 0 Å². The van der Waals surface area contributed by atoms with E-state index in [0.29, 0.717) is 18.0 Å². The second-order valence-corrected chi connectivity index (χ2v) is 10.9. The predicted molar refractivity (Wildman–Crippen MR) is 148 cm³/mol. The fourth-order valence-electron chi connectivity index (χ4n) is 5.69. The number of aromatic nitrogens is 3. The molecular formula is C30H40N4O4. The van der Waals surface area contributed by atoms with E-state index >= 15 is 0 Å². The number of pyridine rings is 1. The monoisotopic (exact) mass is 520 g/mol. The van der Waals surface area contributed by atoms with Crippen LogP contribution in [-0.2, 0) is 27.4 Å². The van der Waals surface area contributed by atoms with Gasteiger partial charge in [0.05, 0.1) is 11.0 Å². The number of aromatic amines is 1. The van der Waals surface area contributed by atoms with Crippen LogP contribution in [0.3, 0.4) is 0 Å². The van der Waals surface area contributed by atoms with E-state index in [9.17, 15) is 9.59 Å². The van der Waals surface area contributed by atoms with Crippen molar-refractivity contribution in [1.82, 2.24) is 19.9 Å². The highest BCUT2D eigenvalue weighted by Crippen LogP contribution is 2.29. The first-order chi connectivity index (χ1) is 18.5. The lowest BCUT2D eigenvalue weighted by Gasteiger charge is -2.23. The van der Waals surface area contributed by atoms with E-state index in [4.69, 9.17) is 14.5 Å². The molecule has 38 heavy (non-hydrogen) atoms. The van der Waals surface area contributed by atoms with Crippen LogP contribution in [-0.4, -0.2) is 45.9 Å². The number of hydrogen-bond acceptors (Lipinski definition) is 6. The van der Waals surface area contributed by atoms with Gasteiger partial charge in [-0.25, -0.2) is 4.98 Å². The number of imidazole rings is 1. The first-order valence-corrected chi connectivity index (χ1v) is 14.2. The first-order valence-electron chi connectivity index (χ1n) is 14.2. The molecule has 0 unspecified atom stereocenters. The van der Waals surface area contributed by atoms with E-state index in [2.05, 4.69) is 40.0 Å². The number of H-pyrrole nitrogens is 1. The number of rotatable bonds is 10. The lowest BCUT2D eigenvalue weighted by atomic mass is 10.00. The topological polar surface area (TPSA) is 98.2 Å². The van der Waals surface area contributed by atoms with Crippen LogP contribution in [0, 0.1) is 12.8 Å². The molecule has 1 aliphatic carbocycles. The molecule has 1 saturated heterocycles. The summed E-state index contributed by atoms with van der Waals surface area (Å²) in [5.74, 6) is 1.25. The third kappa shape index (κ3) is 6.18. The summed E-state index contributed by atoms with van der Waals surface area (Å²) in [7, 11) is 0. The second-order valence-electron chi connectivity index (χ2n) is 10.9. The fourth-order valence-corrected chi connectivity index (χ4v) is 5.69. The molecule has 1 aromatic carbocycles. The molecule has 2 aliphatic rings. The quantitative estimate of drug-likeness (QED) is 0.370. The number of nitrogens with zero attached hydrogens (tertiary/aromatic N) is 2. The summed E-state index contributed by atoms with van der Waals surface area (Å²) in [5, 5.41) is 3.45. The normalized spacial score (nSPS) is 17.7. The Bertz CT molecular complexity index is 1300. The molecule has 0 radical (unpaired) electrons. The van der Waals surface area contributed by atoms with Crippen LogP contribution >= 0.6 is 0 Å². The van der Waals surface area contributed by atoms with Gasteiger partial charge in [-0.15, -0.1) is 0 Å². The third-order valence-electron chi connectivity index (χ3n) is 7.94. The molecule has 0 amide bonds. The standard InChI is InChI=1S/C30H40N4O4/c1-3-6-25(30(36)38-24-7-4-5-8-24)31-17-22-9-10-27-26(16-22)33-28(23-15-20(2)29(35)32-18-23)34(27)19-21-11-13-37-14-12-21/h9-10,15-16,18,21,24-25,31H,3-8,11-14,17,19H2,1-2H3,(H,32,35)/t25-/m0/s1. The Balaban J connectivity index is 1.38. The molecule has 204 valence electrons. The summed E-state index contributed by atoms with van der Waals surface area (Å²) in [6.45, 7) is 6.93. The summed E-state index contributed by atoms with van der Waals surface area (Å²) in [4.78, 5) is 32.7. The van der Waals surface area contributed by atoms with Crippen molar-refractivity contribution in [3.05, 3.63) is 51.9 Å². The van der Waals surface area contributed by atoms with E-state index in [-0.39, 0.29) is 23.7 Å². The van der Waals surface area contributed by atoms with Crippen molar-refractivity contribution >= 4 is 17.0 Å². The van der Waals surface area contributed by atoms with Crippen LogP contribution in [0.25, 0.3) is 22.4 Å². The molecule has 2 fully saturated rings. The number of nitrogens with one attached hydrogen (secondary N) is 2. The van der Waals surface area contributed by atoms with E-state index in [1.54, 1.807) is 6.20 Å². The second kappa shape index (κ2) is 12.3. The van der Waals surface area contributed by atoms with Crippen molar-refractivity contribution < 1.29 is 14.3 Å². The Hall–Kier alpha value is -2.97. The highest BCUT2D eigenvalue weighted by atomic mass is 16.5. The maximum absolute atomic E-state index is 12.8. The van der Waals surface area contributed by atoms with Crippen molar-refractivity contribution in [2.45, 2.75) is 90.4 Å². The van der Waals surface area contributed by atoms with Gasteiger partial charge in [-0.1, -0.05) is 19.4 Å². The number of fused-ring (bicyclic) bond motifs is 1. The predicted octanol–water partition coefficient (Wildman–Crippen LogP) is 4.87. The Kier molecular flexibility index (Phi) is 8.59. The summed E-state index contributed by atoms with van der Waals surface area (Å²) < 4.78 is 13.7. The largest absolute Gasteiger partial charge is 0.461 e. The van der Waals surface area contributed by atoms with Gasteiger partial charge in [-0.2, -0.15) is 0 Å². The summed E-state index contributed by atoms with van der Waals surface area (Å²) in [6, 6.07) is 7.96. The third-order valence-corrected chi connectivity index (χ3v) is 7.94. The van der Waals surface area contributed by atoms with Gasteiger partial charge in [-0.3, -0.25) is 9.59 Å². The van der Waals surface area contributed by atoms with Gasteiger partial charge in [0.1, 0.15) is 18.0 Å². The van der Waals surface area contributed by atoms with E-state index in [1.807, 2.05) is 13.0 Å². The summed E-state index contributed by atoms with van der Waals surface area (Å²) >= 11 is 0. The van der Waals surface area contributed by atoms with Crippen molar-refractivity contribution in [3.8, 4) is 11.4 Å². The molecule has 0 spiro atoms. The Morgan fingerprint density at radius 1 is 1.21 bits per heavy atom. The highest BCUT2D eigenvalue weighted by molar-refractivity contribution is 5.81. The van der Waals surface area contributed by atoms with Crippen molar-refractivity contribution in [2.24, 2.45) is 5.92 Å². The summed E-state index contributed by atoms with van der Waals surface area (Å²) in [6.07, 6.45) is 9.81. The Labute approximate surface area is 224 Å². The van der Waals surface area contributed by atoms with Gasteiger partial charge in [0.2, 0.25) is 0 Å². The molecule has 2 aromatic heterocycles. The number of aryl methyl sites for hydroxylation is 1. The van der Waals surface area contributed by atoms with Gasteiger partial charge in [0.25, 0.3) is 5.56 Å². The van der Waals surface area contributed by atoms with Crippen LogP contribution < -0.4 is 10.9 Å². The zero-order valence-electron chi connectivity index (χ0n) is 22.6. The van der Waals surface area contributed by atoms with Crippen LogP contribution in [0.5, 0.6) is 0 Å². The lowest BCUT2D eigenvalue weighted by molar-refractivity contribution is -0.151. The molecule has 5 rings (SSSR count). The van der Waals surface area contributed by atoms with E-state index < -0.39 is 0 Å². The number of hydrogen-bond donors (Lipinski definition) is 2. The molecular weight excluding hydrogens is 480 g/mol. The number of benzene rings is 1. The minimum atomic E-state index is -0.304. The SMILES string of the molecule is CCC[C@H](NCc1ccc2c(c1)nc(-c1c[nH]c(=O)c(C)c1)n2CC1CCOCC1)C(=O)OC1CCCC1. The zero-order chi connectivity index (χ0) is 26.5. The van der Waals surface area contributed by atoms with Gasteiger partial charge in [0, 0.05) is 43.6 Å². The lowest BCUT2D eigenvalue weighted by Crippen LogP contribution is -2.39. The van der Waals surface area contributed by atoms with Gasteiger partial charge in [-0.05, 0) is 81.5 Å². The molecule has 1 aliphatic heterocycles. The van der Waals surface area contributed by atoms with E-state index in [0.717, 1.165) is 99.1 Å². The molecule has 8 heteroatoms. The fraction of sp³-hybridized carbons (Fsp3) is 0.567. The summed E-state index contributed by atoms with van der Waals surface area (Å²) in [5.41, 5.74) is 4.56. The molecule has 3 heterocycles. The molecule has 1 saturated carbocycles. The maximum atomic E-state index is 12.8. The average Bonchev–Trinajstić information content (AvgIpc) is 3.56. The van der Waals surface area contributed by atoms with Crippen LogP contribution in [0.2, 0.25) is 0 Å². The smallest absolute Gasteiger partial charge is 0.323 e. The minimum Gasteiger partial charge on any atom is -0.461 e.